The van der Waals surface area contributed by atoms with E-state index >= 15 is 0 Å². The molecule has 0 aliphatic carbocycles. The SMILES string of the molecule is CS(=O)(=O)c1ccc(C2=C(c3ccc(F)cc3)NC=NC2)cc1. The number of sulfone groups is 1. The number of halogens is 1. The Morgan fingerprint density at radius 1 is 1.00 bits per heavy atom. The molecule has 2 aromatic carbocycles. The third kappa shape index (κ3) is 3.32. The first-order chi connectivity index (χ1) is 10.9. The molecule has 0 bridgehead atoms. The van der Waals surface area contributed by atoms with Crippen molar-refractivity contribution in [1.82, 2.24) is 5.32 Å². The van der Waals surface area contributed by atoms with Gasteiger partial charge in [0, 0.05) is 11.8 Å². The Morgan fingerprint density at radius 2 is 1.61 bits per heavy atom. The molecule has 0 spiro atoms. The molecule has 23 heavy (non-hydrogen) atoms. The molecule has 0 amide bonds. The first-order valence-corrected chi connectivity index (χ1v) is 8.89. The maximum Gasteiger partial charge on any atom is 0.175 e. The Kier molecular flexibility index (Phi) is 4.00. The van der Waals surface area contributed by atoms with E-state index in [9.17, 15) is 12.8 Å². The molecular weight excluding hydrogens is 315 g/mol. The first-order valence-electron chi connectivity index (χ1n) is 6.99. The van der Waals surface area contributed by atoms with Crippen LogP contribution in [-0.2, 0) is 9.84 Å². The van der Waals surface area contributed by atoms with Gasteiger partial charge in [-0.25, -0.2) is 12.8 Å². The quantitative estimate of drug-likeness (QED) is 0.941. The van der Waals surface area contributed by atoms with Crippen molar-refractivity contribution < 1.29 is 12.8 Å². The smallest absolute Gasteiger partial charge is 0.175 e. The molecular formula is C17H15FN2O2S. The van der Waals surface area contributed by atoms with Crippen LogP contribution in [0.4, 0.5) is 4.39 Å². The number of nitrogens with one attached hydrogen (secondary N) is 1. The zero-order chi connectivity index (χ0) is 16.4. The lowest BCUT2D eigenvalue weighted by molar-refractivity contribution is 0.602. The maximum absolute atomic E-state index is 13.1. The molecule has 3 rings (SSSR count). The fraction of sp³-hybridized carbons (Fsp3) is 0.118. The number of benzene rings is 2. The van der Waals surface area contributed by atoms with Crippen molar-refractivity contribution in [3.63, 3.8) is 0 Å². The molecule has 0 radical (unpaired) electrons. The predicted octanol–water partition coefficient (Wildman–Crippen LogP) is 2.73. The van der Waals surface area contributed by atoms with Gasteiger partial charge in [0.2, 0.25) is 0 Å². The Balaban J connectivity index is 2.05. The van der Waals surface area contributed by atoms with Gasteiger partial charge in [0.15, 0.2) is 9.84 Å². The van der Waals surface area contributed by atoms with Crippen molar-refractivity contribution in [2.45, 2.75) is 4.90 Å². The number of nitrogens with zero attached hydrogens (tertiary/aromatic N) is 1. The standard InChI is InChI=1S/C17H15FN2O2S/c1-23(21,22)15-8-4-12(5-9-15)16-10-19-11-20-17(16)13-2-6-14(18)7-3-13/h2-9,11H,10H2,1H3,(H,19,20). The van der Waals surface area contributed by atoms with Crippen LogP contribution in [0.5, 0.6) is 0 Å². The summed E-state index contributed by atoms with van der Waals surface area (Å²) in [5.74, 6) is -0.294. The summed E-state index contributed by atoms with van der Waals surface area (Å²) in [5.41, 5.74) is 3.49. The highest BCUT2D eigenvalue weighted by atomic mass is 32.2. The first kappa shape index (κ1) is 15.4. The summed E-state index contributed by atoms with van der Waals surface area (Å²) < 4.78 is 36.2. The van der Waals surface area contributed by atoms with Crippen LogP contribution in [0.2, 0.25) is 0 Å². The molecule has 0 atom stereocenters. The third-order valence-electron chi connectivity index (χ3n) is 3.62. The number of rotatable bonds is 3. The molecule has 4 nitrogen and oxygen atoms in total. The van der Waals surface area contributed by atoms with Gasteiger partial charge in [0.1, 0.15) is 5.82 Å². The molecule has 1 aliphatic rings. The van der Waals surface area contributed by atoms with E-state index in [1.54, 1.807) is 42.7 Å². The molecule has 0 saturated heterocycles. The van der Waals surface area contributed by atoms with Gasteiger partial charge in [0.05, 0.1) is 23.5 Å². The highest BCUT2D eigenvalue weighted by Gasteiger charge is 2.15. The van der Waals surface area contributed by atoms with Crippen molar-refractivity contribution in [3.8, 4) is 0 Å². The van der Waals surface area contributed by atoms with E-state index in [1.807, 2.05) is 0 Å². The van der Waals surface area contributed by atoms with Gasteiger partial charge < -0.3 is 5.32 Å². The van der Waals surface area contributed by atoms with Gasteiger partial charge in [-0.1, -0.05) is 12.1 Å². The number of aliphatic imine (C=N–C) groups is 1. The second-order valence-electron chi connectivity index (χ2n) is 5.27. The van der Waals surface area contributed by atoms with E-state index < -0.39 is 9.84 Å². The summed E-state index contributed by atoms with van der Waals surface area (Å²) in [6, 6.07) is 12.9. The van der Waals surface area contributed by atoms with Crippen LogP contribution < -0.4 is 5.32 Å². The van der Waals surface area contributed by atoms with E-state index in [4.69, 9.17) is 0 Å². The zero-order valence-corrected chi connectivity index (χ0v) is 13.3. The Labute approximate surface area is 134 Å². The lowest BCUT2D eigenvalue weighted by Crippen LogP contribution is -2.17. The van der Waals surface area contributed by atoms with Gasteiger partial charge in [-0.15, -0.1) is 0 Å². The number of hydrogen-bond donors (Lipinski definition) is 1. The van der Waals surface area contributed by atoms with E-state index in [2.05, 4.69) is 10.3 Å². The van der Waals surface area contributed by atoms with Crippen LogP contribution in [-0.4, -0.2) is 27.6 Å². The summed E-state index contributed by atoms with van der Waals surface area (Å²) >= 11 is 0. The second-order valence-corrected chi connectivity index (χ2v) is 7.29. The minimum atomic E-state index is -3.22. The normalized spacial score (nSPS) is 14.7. The molecule has 2 aromatic rings. The van der Waals surface area contributed by atoms with Crippen molar-refractivity contribution in [1.29, 1.82) is 0 Å². The molecule has 0 saturated carbocycles. The van der Waals surface area contributed by atoms with Crippen LogP contribution in [0.1, 0.15) is 11.1 Å². The lowest BCUT2D eigenvalue weighted by Gasteiger charge is -2.18. The lowest BCUT2D eigenvalue weighted by atomic mass is 9.98. The van der Waals surface area contributed by atoms with E-state index in [1.165, 1.54) is 18.4 Å². The van der Waals surface area contributed by atoms with Crippen molar-refractivity contribution in [2.24, 2.45) is 4.99 Å². The summed E-state index contributed by atoms with van der Waals surface area (Å²) in [6.45, 7) is 0.470. The van der Waals surface area contributed by atoms with Crippen molar-refractivity contribution in [2.75, 3.05) is 12.8 Å². The van der Waals surface area contributed by atoms with Crippen LogP contribution >= 0.6 is 0 Å². The fourth-order valence-electron chi connectivity index (χ4n) is 2.43. The minimum Gasteiger partial charge on any atom is -0.346 e. The average molecular weight is 330 g/mol. The molecule has 0 aromatic heterocycles. The van der Waals surface area contributed by atoms with Gasteiger partial charge >= 0.3 is 0 Å². The van der Waals surface area contributed by atoms with Gasteiger partial charge in [-0.2, -0.15) is 0 Å². The zero-order valence-electron chi connectivity index (χ0n) is 12.5. The average Bonchev–Trinajstić information content (AvgIpc) is 2.55. The minimum absolute atomic E-state index is 0.275. The van der Waals surface area contributed by atoms with Crippen LogP contribution in [0.3, 0.4) is 0 Å². The molecule has 0 unspecified atom stereocenters. The molecule has 1 heterocycles. The summed E-state index contributed by atoms with van der Waals surface area (Å²) in [6.07, 6.45) is 2.78. The summed E-state index contributed by atoms with van der Waals surface area (Å²) in [5, 5.41) is 3.10. The molecule has 1 aliphatic heterocycles. The fourth-order valence-corrected chi connectivity index (χ4v) is 3.06. The third-order valence-corrected chi connectivity index (χ3v) is 4.74. The highest BCUT2D eigenvalue weighted by molar-refractivity contribution is 7.90. The van der Waals surface area contributed by atoms with Crippen molar-refractivity contribution in [3.05, 3.63) is 65.5 Å². The van der Waals surface area contributed by atoms with Gasteiger partial charge in [-0.3, -0.25) is 4.99 Å². The van der Waals surface area contributed by atoms with Gasteiger partial charge in [-0.05, 0) is 47.5 Å². The monoisotopic (exact) mass is 330 g/mol. The largest absolute Gasteiger partial charge is 0.346 e. The summed E-state index contributed by atoms with van der Waals surface area (Å²) in [4.78, 5) is 4.49. The van der Waals surface area contributed by atoms with E-state index in [0.29, 0.717) is 6.54 Å². The molecule has 6 heteroatoms. The maximum atomic E-state index is 13.1. The second kappa shape index (κ2) is 5.96. The topological polar surface area (TPSA) is 58.5 Å². The Morgan fingerprint density at radius 3 is 2.22 bits per heavy atom. The Hall–Kier alpha value is -2.47. The molecule has 0 fully saturated rings. The highest BCUT2D eigenvalue weighted by Crippen LogP contribution is 2.27. The van der Waals surface area contributed by atoms with E-state index in [0.717, 1.165) is 22.4 Å². The van der Waals surface area contributed by atoms with Crippen LogP contribution in [0.25, 0.3) is 11.3 Å². The van der Waals surface area contributed by atoms with E-state index in [-0.39, 0.29) is 10.7 Å². The van der Waals surface area contributed by atoms with Crippen LogP contribution in [0.15, 0.2) is 58.4 Å². The summed E-state index contributed by atoms with van der Waals surface area (Å²) in [7, 11) is -3.22. The van der Waals surface area contributed by atoms with Crippen LogP contribution in [0, 0.1) is 5.82 Å². The predicted molar refractivity (Wildman–Crippen MR) is 89.3 cm³/mol. The van der Waals surface area contributed by atoms with Gasteiger partial charge in [0.25, 0.3) is 0 Å². The van der Waals surface area contributed by atoms with Crippen molar-refractivity contribution >= 4 is 27.4 Å². The molecule has 118 valence electrons. The Bertz CT molecular complexity index is 883. The molecule has 1 N–H and O–H groups in total. The number of hydrogen-bond acceptors (Lipinski definition) is 4.